The van der Waals surface area contributed by atoms with Crippen molar-refractivity contribution < 1.29 is 23.0 Å². The largest absolute Gasteiger partial charge is 0.458 e. The van der Waals surface area contributed by atoms with Crippen molar-refractivity contribution in [1.29, 1.82) is 0 Å². The SMILES string of the molecule is [2H]c1c([2H])c([2H])c(-c2cccc(-c3c([2H])c([2H])c([2H])c([2H])c3[2H])c2-[n+]2[c-]n(-c3cccc(Oc4ccc5c6cc(C(C)(C)C)ccc6n(-c6cc(CC(C)(C)c7ccccc7)c(-c7ccc(C(C)(C)C)cc7)cn6)c5c4)c3)c3ccccc32)c([2H])c1[2H]. The van der Waals surface area contributed by atoms with E-state index in [4.69, 9.17) is 23.4 Å². The third-order valence-electron chi connectivity index (χ3n) is 14.7. The van der Waals surface area contributed by atoms with Crippen molar-refractivity contribution in [3.05, 3.63) is 259 Å². The maximum atomic E-state index is 9.11. The van der Waals surface area contributed by atoms with E-state index in [2.05, 4.69) is 157 Å². The average Bonchev–Trinajstić information content (AvgIpc) is 1.82. The van der Waals surface area contributed by atoms with Gasteiger partial charge in [-0.25, -0.2) is 4.98 Å². The molecular weight excluding hydrogens is 937 g/mol. The Morgan fingerprint density at radius 3 is 1.83 bits per heavy atom. The predicted octanol–water partition coefficient (Wildman–Crippen LogP) is 18.1. The Morgan fingerprint density at radius 2 is 1.14 bits per heavy atom. The number of pyridine rings is 1. The van der Waals surface area contributed by atoms with Crippen LogP contribution in [0.15, 0.2) is 230 Å². The second-order valence-electron chi connectivity index (χ2n) is 22.5. The van der Waals surface area contributed by atoms with Gasteiger partial charge in [0.2, 0.25) is 0 Å². The second-order valence-corrected chi connectivity index (χ2v) is 22.5. The minimum absolute atomic E-state index is 0.00136. The lowest BCUT2D eigenvalue weighted by Crippen LogP contribution is -2.31. The number of nitrogens with zero attached hydrogens (tertiary/aromatic N) is 4. The summed E-state index contributed by atoms with van der Waals surface area (Å²) in [5.41, 5.74) is 10.7. The van der Waals surface area contributed by atoms with Crippen molar-refractivity contribution in [2.45, 2.75) is 78.1 Å². The van der Waals surface area contributed by atoms with Crippen LogP contribution in [0.4, 0.5) is 0 Å². The van der Waals surface area contributed by atoms with E-state index >= 15 is 0 Å². The molecule has 0 atom stereocenters. The summed E-state index contributed by atoms with van der Waals surface area (Å²) < 4.78 is 100. The van der Waals surface area contributed by atoms with Gasteiger partial charge in [0.25, 0.3) is 6.33 Å². The molecule has 0 radical (unpaired) electrons. The van der Waals surface area contributed by atoms with Gasteiger partial charge in [-0.15, -0.1) is 0 Å². The predicted molar refractivity (Wildman–Crippen MR) is 319 cm³/mol. The molecule has 0 saturated carbocycles. The van der Waals surface area contributed by atoms with Crippen LogP contribution in [0, 0.1) is 6.33 Å². The monoisotopic (exact) mass is 1010 g/mol. The van der Waals surface area contributed by atoms with Crippen LogP contribution >= 0.6 is 0 Å². The average molecular weight is 1010 g/mol. The first-order chi connectivity index (χ1) is 41.3. The molecule has 5 heteroatoms. The topological polar surface area (TPSA) is 35.9 Å². The van der Waals surface area contributed by atoms with Gasteiger partial charge in [0.1, 0.15) is 17.3 Å². The van der Waals surface area contributed by atoms with Crippen LogP contribution < -0.4 is 9.30 Å². The first-order valence-corrected chi connectivity index (χ1v) is 26.1. The van der Waals surface area contributed by atoms with E-state index < -0.39 is 60.4 Å². The van der Waals surface area contributed by atoms with E-state index in [0.717, 1.165) is 45.2 Å². The zero-order valence-electron chi connectivity index (χ0n) is 54.6. The molecule has 0 fully saturated rings. The Bertz CT molecular complexity index is 4600. The lowest BCUT2D eigenvalue weighted by Gasteiger charge is -2.27. The highest BCUT2D eigenvalue weighted by atomic mass is 16.5. The van der Waals surface area contributed by atoms with Crippen LogP contribution in [0.25, 0.3) is 83.4 Å². The van der Waals surface area contributed by atoms with Gasteiger partial charge in [0.15, 0.2) is 0 Å². The molecular formula is C72H64N4O. The summed E-state index contributed by atoms with van der Waals surface area (Å²) in [6.45, 7) is 18.0. The number of hydrogen-bond acceptors (Lipinski definition) is 2. The third-order valence-corrected chi connectivity index (χ3v) is 14.7. The van der Waals surface area contributed by atoms with Crippen LogP contribution in [0.5, 0.6) is 11.5 Å². The summed E-state index contributed by atoms with van der Waals surface area (Å²) in [5.74, 6) is 1.86. The minimum Gasteiger partial charge on any atom is -0.458 e. The number of benzene rings is 9. The normalized spacial score (nSPS) is 14.0. The van der Waals surface area contributed by atoms with Crippen LogP contribution in [0.2, 0.25) is 0 Å². The van der Waals surface area contributed by atoms with Crippen LogP contribution in [-0.4, -0.2) is 14.1 Å². The summed E-state index contributed by atoms with van der Waals surface area (Å²) >= 11 is 0. The number of hydrogen-bond donors (Lipinski definition) is 0. The number of rotatable bonds is 11. The molecule has 3 aromatic heterocycles. The Kier molecular flexibility index (Phi) is 9.75. The molecule has 0 aliphatic heterocycles. The molecule has 12 aromatic rings. The Balaban J connectivity index is 1.00. The number of imidazole rings is 1. The molecule has 0 spiro atoms. The molecule has 0 amide bonds. The fourth-order valence-corrected chi connectivity index (χ4v) is 10.6. The first kappa shape index (κ1) is 38.7. The molecule has 12 rings (SSSR count). The zero-order valence-corrected chi connectivity index (χ0v) is 44.6. The first-order valence-electron chi connectivity index (χ1n) is 31.1. The standard InChI is InChI=1S/C72H64N4O/c1-70(2,3)53-36-34-51(35-37-53)63-47-73-68(42-52(63)46-72(7,8)54-26-16-11-17-27-54)76-64-41-38-55(71(4,5)6)43-62(64)61-40-39-58(45-67(61)76)77-57-29-20-28-56(44-57)74-48-75(66-33-19-18-32-65(66)74)69-59(49-22-12-9-13-23-49)30-21-31-60(69)50-24-14-10-15-25-50/h9-45,47H,46H2,1-8H3/i9D,10D,12D,13D,14D,15D,22D,23D,24D,25D. The highest BCUT2D eigenvalue weighted by Crippen LogP contribution is 2.41. The third kappa shape index (κ3) is 9.41. The maximum Gasteiger partial charge on any atom is 0.269 e. The Labute approximate surface area is 467 Å². The molecule has 0 aliphatic rings. The van der Waals surface area contributed by atoms with Crippen molar-refractivity contribution in [2.75, 3.05) is 0 Å². The van der Waals surface area contributed by atoms with Crippen molar-refractivity contribution in [3.8, 4) is 62.1 Å². The number of para-hydroxylation sites is 3. The summed E-state index contributed by atoms with van der Waals surface area (Å²) in [6.07, 6.45) is 6.26. The fourth-order valence-electron chi connectivity index (χ4n) is 10.6. The Morgan fingerprint density at radius 1 is 0.506 bits per heavy atom. The van der Waals surface area contributed by atoms with Crippen LogP contribution in [0.3, 0.4) is 0 Å². The Hall–Kier alpha value is -8.80. The van der Waals surface area contributed by atoms with Gasteiger partial charge in [-0.2, -0.15) is 0 Å². The van der Waals surface area contributed by atoms with E-state index in [1.165, 1.54) is 22.3 Å². The summed E-state index contributed by atoms with van der Waals surface area (Å²) in [6, 6.07) is 49.2. The van der Waals surface area contributed by atoms with Gasteiger partial charge in [-0.3, -0.25) is 13.7 Å². The summed E-state index contributed by atoms with van der Waals surface area (Å²) in [5, 5.41) is 2.13. The molecule has 0 N–H and O–H groups in total. The second kappa shape index (κ2) is 19.4. The molecule has 378 valence electrons. The quantitative estimate of drug-likeness (QED) is 0.0956. The molecule has 0 bridgehead atoms. The van der Waals surface area contributed by atoms with E-state index in [9.17, 15) is 0 Å². The molecule has 0 unspecified atom stereocenters. The van der Waals surface area contributed by atoms with E-state index in [-0.39, 0.29) is 44.2 Å². The van der Waals surface area contributed by atoms with Crippen LogP contribution in [0.1, 0.15) is 91.4 Å². The van der Waals surface area contributed by atoms with Crippen molar-refractivity contribution in [3.63, 3.8) is 0 Å². The number of fused-ring (bicyclic) bond motifs is 4. The van der Waals surface area contributed by atoms with E-state index in [0.29, 0.717) is 28.2 Å². The lowest BCUT2D eigenvalue weighted by atomic mass is 9.78. The smallest absolute Gasteiger partial charge is 0.269 e. The molecule has 0 aliphatic carbocycles. The molecule has 9 aromatic carbocycles. The highest BCUT2D eigenvalue weighted by Gasteiger charge is 2.26. The minimum atomic E-state index is -0.569. The van der Waals surface area contributed by atoms with Gasteiger partial charge in [0, 0.05) is 28.6 Å². The summed E-state index contributed by atoms with van der Waals surface area (Å²) in [7, 11) is 0. The van der Waals surface area contributed by atoms with E-state index in [1.54, 1.807) is 22.8 Å². The number of ether oxygens (including phenoxy) is 1. The van der Waals surface area contributed by atoms with Crippen molar-refractivity contribution in [1.82, 2.24) is 14.1 Å². The number of aromatic nitrogens is 4. The molecule has 5 nitrogen and oxygen atoms in total. The highest BCUT2D eigenvalue weighted by molar-refractivity contribution is 6.10. The van der Waals surface area contributed by atoms with Gasteiger partial charge >= 0.3 is 0 Å². The molecule has 3 heterocycles. The molecule has 77 heavy (non-hydrogen) atoms. The fraction of sp³-hybridized carbons (Fsp3) is 0.167. The van der Waals surface area contributed by atoms with Gasteiger partial charge in [-0.05, 0) is 121 Å². The van der Waals surface area contributed by atoms with Crippen LogP contribution in [-0.2, 0) is 22.7 Å². The van der Waals surface area contributed by atoms with Crippen molar-refractivity contribution in [2.24, 2.45) is 0 Å². The molecule has 0 saturated heterocycles. The zero-order chi connectivity index (χ0) is 61.8. The van der Waals surface area contributed by atoms with Gasteiger partial charge in [0.05, 0.1) is 47.1 Å². The summed E-state index contributed by atoms with van der Waals surface area (Å²) in [4.78, 5) is 5.32. The lowest BCUT2D eigenvalue weighted by molar-refractivity contribution is -0.571. The van der Waals surface area contributed by atoms with Gasteiger partial charge < -0.3 is 4.74 Å². The van der Waals surface area contributed by atoms with Gasteiger partial charge in [-0.1, -0.05) is 225 Å². The van der Waals surface area contributed by atoms with Crippen molar-refractivity contribution >= 4 is 32.8 Å². The van der Waals surface area contributed by atoms with E-state index in [1.807, 2.05) is 65.4 Å². The maximum absolute atomic E-state index is 9.11.